The Balaban J connectivity index is 1.14. The Hall–Kier alpha value is -7.56. The van der Waals surface area contributed by atoms with Crippen LogP contribution in [-0.2, 0) is 5.41 Å². The second kappa shape index (κ2) is 11.7. The van der Waals surface area contributed by atoms with Crippen LogP contribution in [0.3, 0.4) is 0 Å². The van der Waals surface area contributed by atoms with Crippen molar-refractivity contribution in [3.63, 3.8) is 0 Å². The van der Waals surface area contributed by atoms with Crippen molar-refractivity contribution in [2.24, 2.45) is 0 Å². The second-order valence-corrected chi connectivity index (χ2v) is 16.6. The minimum atomic E-state index is -0.152. The van der Waals surface area contributed by atoms with Gasteiger partial charge in [0.15, 0.2) is 5.82 Å². The van der Waals surface area contributed by atoms with E-state index in [1.54, 1.807) is 0 Å². The first-order valence-corrected chi connectivity index (χ1v) is 20.4. The molecule has 3 heterocycles. The third-order valence-electron chi connectivity index (χ3n) is 13.1. The molecule has 0 bridgehead atoms. The van der Waals surface area contributed by atoms with Gasteiger partial charge in [-0.15, -0.1) is 0 Å². The van der Waals surface area contributed by atoms with Crippen molar-refractivity contribution in [1.29, 1.82) is 0 Å². The van der Waals surface area contributed by atoms with E-state index in [4.69, 9.17) is 9.97 Å². The molecule has 4 nitrogen and oxygen atoms in total. The smallest absolute Gasteiger partial charge is 0.165 e. The molecule has 0 N–H and O–H groups in total. The zero-order chi connectivity index (χ0) is 39.0. The van der Waals surface area contributed by atoms with Crippen LogP contribution in [-0.4, -0.2) is 19.1 Å². The van der Waals surface area contributed by atoms with E-state index in [9.17, 15) is 0 Å². The first-order chi connectivity index (χ1) is 29.0. The summed E-state index contributed by atoms with van der Waals surface area (Å²) in [6.07, 6.45) is 0. The van der Waals surface area contributed by atoms with Gasteiger partial charge < -0.3 is 4.57 Å². The predicted molar refractivity (Wildman–Crippen MR) is 246 cm³/mol. The highest BCUT2D eigenvalue weighted by Gasteiger charge is 2.35. The Morgan fingerprint density at radius 3 is 1.95 bits per heavy atom. The zero-order valence-corrected chi connectivity index (χ0v) is 32.6. The van der Waals surface area contributed by atoms with E-state index in [0.717, 1.165) is 44.8 Å². The van der Waals surface area contributed by atoms with Gasteiger partial charge in [-0.2, -0.15) is 0 Å². The molecule has 4 heteroatoms. The molecule has 12 aromatic rings. The first kappa shape index (κ1) is 32.5. The molecule has 1 aliphatic rings. The third kappa shape index (κ3) is 4.49. The lowest BCUT2D eigenvalue weighted by Gasteiger charge is -2.22. The molecular formula is C55H36N4. The lowest BCUT2D eigenvalue weighted by atomic mass is 9.82. The number of hydrogen-bond acceptors (Lipinski definition) is 2. The maximum Gasteiger partial charge on any atom is 0.165 e. The van der Waals surface area contributed by atoms with E-state index in [2.05, 4.69) is 205 Å². The zero-order valence-electron chi connectivity index (χ0n) is 32.6. The molecule has 0 amide bonds. The van der Waals surface area contributed by atoms with Gasteiger partial charge in [-0.25, -0.2) is 9.97 Å². The van der Waals surface area contributed by atoms with Gasteiger partial charge in [0.25, 0.3) is 0 Å². The number of fused-ring (bicyclic) bond motifs is 13. The van der Waals surface area contributed by atoms with Gasteiger partial charge in [0, 0.05) is 38.2 Å². The standard InChI is InChI=1S/C55H36N4/c1-55(2)44-19-9-7-17-39(44)40-26-23-36(30-45(40)55)53-54(57-47-21-11-10-20-46(47)56-53)59-49-28-24-33-13-5-6-16-38(33)52(49)42-27-25-37(32-51(42)59)58-48-22-12-8-18-41(48)43-29-34-14-3-4-15-35(34)31-50(43)58/h3-32H,1-2H3. The predicted octanol–water partition coefficient (Wildman–Crippen LogP) is 14.1. The van der Waals surface area contributed by atoms with Gasteiger partial charge in [-0.1, -0.05) is 141 Å². The highest BCUT2D eigenvalue weighted by atomic mass is 15.1. The third-order valence-corrected chi connectivity index (χ3v) is 13.1. The van der Waals surface area contributed by atoms with E-state index >= 15 is 0 Å². The van der Waals surface area contributed by atoms with Crippen LogP contribution in [0.15, 0.2) is 182 Å². The largest absolute Gasteiger partial charge is 0.309 e. The molecule has 59 heavy (non-hydrogen) atoms. The van der Waals surface area contributed by atoms with Gasteiger partial charge in [0.1, 0.15) is 5.69 Å². The Bertz CT molecular complexity index is 3770. The fourth-order valence-corrected chi connectivity index (χ4v) is 10.3. The minimum absolute atomic E-state index is 0.152. The number of hydrogen-bond donors (Lipinski definition) is 0. The summed E-state index contributed by atoms with van der Waals surface area (Å²) in [7, 11) is 0. The average Bonchev–Trinajstić information content (AvgIpc) is 3.87. The van der Waals surface area contributed by atoms with Crippen molar-refractivity contribution in [1.82, 2.24) is 19.1 Å². The average molecular weight is 753 g/mol. The number of nitrogens with zero attached hydrogens (tertiary/aromatic N) is 4. The van der Waals surface area contributed by atoms with Crippen LogP contribution in [0, 0.1) is 0 Å². The topological polar surface area (TPSA) is 35.6 Å². The molecule has 9 aromatic carbocycles. The normalized spacial score (nSPS) is 13.4. The van der Waals surface area contributed by atoms with Crippen molar-refractivity contribution in [2.75, 3.05) is 0 Å². The summed E-state index contributed by atoms with van der Waals surface area (Å²) in [5, 5.41) is 9.77. The van der Waals surface area contributed by atoms with E-state index < -0.39 is 0 Å². The molecule has 0 spiro atoms. The van der Waals surface area contributed by atoms with Crippen LogP contribution >= 0.6 is 0 Å². The minimum Gasteiger partial charge on any atom is -0.309 e. The Labute approximate surface area is 340 Å². The summed E-state index contributed by atoms with van der Waals surface area (Å²) >= 11 is 0. The fourth-order valence-electron chi connectivity index (χ4n) is 10.3. The van der Waals surface area contributed by atoms with Crippen LogP contribution < -0.4 is 0 Å². The van der Waals surface area contributed by atoms with Crippen LogP contribution in [0.2, 0.25) is 0 Å². The lowest BCUT2D eigenvalue weighted by Crippen LogP contribution is -2.15. The molecule has 1 aliphatic carbocycles. The van der Waals surface area contributed by atoms with E-state index in [0.29, 0.717) is 0 Å². The summed E-state index contributed by atoms with van der Waals surface area (Å²) in [5.74, 6) is 0.817. The highest BCUT2D eigenvalue weighted by Crippen LogP contribution is 2.50. The van der Waals surface area contributed by atoms with E-state index in [1.807, 2.05) is 0 Å². The molecule has 0 saturated carbocycles. The number of para-hydroxylation sites is 3. The summed E-state index contributed by atoms with van der Waals surface area (Å²) in [6.45, 7) is 4.68. The van der Waals surface area contributed by atoms with Crippen molar-refractivity contribution in [3.8, 4) is 33.9 Å². The molecule has 0 fully saturated rings. The van der Waals surface area contributed by atoms with Crippen molar-refractivity contribution < 1.29 is 0 Å². The van der Waals surface area contributed by atoms with Gasteiger partial charge in [-0.3, -0.25) is 4.57 Å². The van der Waals surface area contributed by atoms with Crippen LogP contribution in [0.5, 0.6) is 0 Å². The Morgan fingerprint density at radius 2 is 1.08 bits per heavy atom. The monoisotopic (exact) mass is 752 g/mol. The molecule has 0 unspecified atom stereocenters. The molecule has 0 atom stereocenters. The Kier molecular flexibility index (Phi) is 6.48. The molecular weight excluding hydrogens is 717 g/mol. The van der Waals surface area contributed by atoms with Crippen molar-refractivity contribution in [2.45, 2.75) is 19.3 Å². The fraction of sp³-hybridized carbons (Fsp3) is 0.0545. The quantitative estimate of drug-likeness (QED) is 0.180. The van der Waals surface area contributed by atoms with Crippen LogP contribution in [0.25, 0.3) is 110 Å². The highest BCUT2D eigenvalue weighted by molar-refractivity contribution is 6.22. The molecule has 0 radical (unpaired) electrons. The van der Waals surface area contributed by atoms with Crippen molar-refractivity contribution in [3.05, 3.63) is 193 Å². The molecule has 3 aromatic heterocycles. The van der Waals surface area contributed by atoms with Crippen LogP contribution in [0.4, 0.5) is 0 Å². The first-order valence-electron chi connectivity index (χ1n) is 20.4. The molecule has 276 valence electrons. The number of aromatic nitrogens is 4. The Morgan fingerprint density at radius 1 is 0.407 bits per heavy atom. The second-order valence-electron chi connectivity index (χ2n) is 16.6. The molecule has 0 saturated heterocycles. The van der Waals surface area contributed by atoms with Crippen LogP contribution in [0.1, 0.15) is 25.0 Å². The summed E-state index contributed by atoms with van der Waals surface area (Å²) in [6, 6.07) is 66.4. The molecule has 0 aliphatic heterocycles. The van der Waals surface area contributed by atoms with Gasteiger partial charge in [-0.05, 0) is 98.4 Å². The summed E-state index contributed by atoms with van der Waals surface area (Å²) in [4.78, 5) is 11.1. The summed E-state index contributed by atoms with van der Waals surface area (Å²) < 4.78 is 4.82. The lowest BCUT2D eigenvalue weighted by molar-refractivity contribution is 0.660. The van der Waals surface area contributed by atoms with E-state index in [1.165, 1.54) is 76.4 Å². The molecule has 13 rings (SSSR count). The maximum absolute atomic E-state index is 5.56. The van der Waals surface area contributed by atoms with Gasteiger partial charge in [0.05, 0.1) is 33.1 Å². The summed E-state index contributed by atoms with van der Waals surface area (Å²) in [5.41, 5.74) is 14.4. The SMILES string of the molecule is CC1(C)c2ccccc2-c2ccc(-c3nc4ccccc4nc3-n3c4cc(-n5c6ccccc6c6cc7ccccc7cc65)ccc4c4c5ccccc5ccc43)cc21. The number of rotatable bonds is 3. The van der Waals surface area contributed by atoms with Crippen molar-refractivity contribution >= 4 is 76.2 Å². The van der Waals surface area contributed by atoms with Gasteiger partial charge >= 0.3 is 0 Å². The van der Waals surface area contributed by atoms with Gasteiger partial charge in [0.2, 0.25) is 0 Å². The van der Waals surface area contributed by atoms with E-state index in [-0.39, 0.29) is 5.41 Å². The maximum atomic E-state index is 5.56. The number of benzene rings is 9.